The third kappa shape index (κ3) is 4.40. The van der Waals surface area contributed by atoms with Crippen LogP contribution in [0.2, 0.25) is 0 Å². The third-order valence-corrected chi connectivity index (χ3v) is 3.85. The molecule has 1 fully saturated rings. The van der Waals surface area contributed by atoms with Crippen molar-refractivity contribution in [3.05, 3.63) is 29.3 Å². The minimum atomic E-state index is -1.03. The van der Waals surface area contributed by atoms with Gasteiger partial charge >= 0.3 is 12.0 Å². The van der Waals surface area contributed by atoms with Gasteiger partial charge in [-0.25, -0.2) is 18.4 Å². The summed E-state index contributed by atoms with van der Waals surface area (Å²) in [7, 11) is 1.10. The summed E-state index contributed by atoms with van der Waals surface area (Å²) in [6, 6.07) is 1.07. The van der Waals surface area contributed by atoms with Crippen molar-refractivity contribution < 1.29 is 23.1 Å². The van der Waals surface area contributed by atoms with Crippen LogP contribution in [0, 0.1) is 11.6 Å². The van der Waals surface area contributed by atoms with Gasteiger partial charge in [0.2, 0.25) is 0 Å². The number of hydrogen-bond acceptors (Lipinski definition) is 3. The second kappa shape index (κ2) is 7.89. The van der Waals surface area contributed by atoms with E-state index in [1.807, 2.05) is 0 Å². The Morgan fingerprint density at radius 1 is 1.04 bits per heavy atom. The summed E-state index contributed by atoms with van der Waals surface area (Å²) in [5, 5.41) is 2.41. The van der Waals surface area contributed by atoms with Crippen LogP contribution in [0.3, 0.4) is 0 Å². The van der Waals surface area contributed by atoms with Crippen LogP contribution in [-0.4, -0.2) is 37.1 Å². The smallest absolute Gasteiger partial charge is 0.340 e. The number of nitrogens with zero attached hydrogens (tertiary/aromatic N) is 1. The molecule has 1 saturated heterocycles. The highest BCUT2D eigenvalue weighted by Crippen LogP contribution is 2.21. The molecular weight excluding hydrogens is 306 g/mol. The molecule has 0 unspecified atom stereocenters. The van der Waals surface area contributed by atoms with E-state index >= 15 is 0 Å². The molecule has 7 heteroatoms. The van der Waals surface area contributed by atoms with Crippen LogP contribution in [0.5, 0.6) is 0 Å². The van der Waals surface area contributed by atoms with Crippen LogP contribution in [-0.2, 0) is 4.74 Å². The molecule has 0 atom stereocenters. The van der Waals surface area contributed by atoms with Crippen molar-refractivity contribution >= 4 is 17.7 Å². The van der Waals surface area contributed by atoms with Gasteiger partial charge in [-0.05, 0) is 18.9 Å². The first-order chi connectivity index (χ1) is 11.0. The first kappa shape index (κ1) is 17.2. The van der Waals surface area contributed by atoms with E-state index in [1.54, 1.807) is 4.90 Å². The topological polar surface area (TPSA) is 58.6 Å². The zero-order valence-corrected chi connectivity index (χ0v) is 13.0. The molecule has 126 valence electrons. The minimum absolute atomic E-state index is 0.237. The van der Waals surface area contributed by atoms with E-state index < -0.39 is 29.2 Å². The number of rotatable bonds is 2. The van der Waals surface area contributed by atoms with Crippen LogP contribution >= 0.6 is 0 Å². The lowest BCUT2D eigenvalue weighted by Gasteiger charge is -2.25. The molecule has 1 aromatic rings. The van der Waals surface area contributed by atoms with Gasteiger partial charge in [0.15, 0.2) is 0 Å². The molecular formula is C16H20F2N2O3. The summed E-state index contributed by atoms with van der Waals surface area (Å²) in [5.74, 6) is -2.89. The summed E-state index contributed by atoms with van der Waals surface area (Å²) in [4.78, 5) is 25.3. The highest BCUT2D eigenvalue weighted by atomic mass is 19.1. The van der Waals surface area contributed by atoms with Crippen LogP contribution in [0.4, 0.5) is 19.3 Å². The number of hydrogen-bond donors (Lipinski definition) is 1. The van der Waals surface area contributed by atoms with Gasteiger partial charge in [-0.3, -0.25) is 0 Å². The Morgan fingerprint density at radius 3 is 2.26 bits per heavy atom. The summed E-state index contributed by atoms with van der Waals surface area (Å²) in [6.45, 7) is 1.19. The quantitative estimate of drug-likeness (QED) is 0.846. The molecule has 2 amide bonds. The van der Waals surface area contributed by atoms with Crippen LogP contribution < -0.4 is 5.32 Å². The first-order valence-corrected chi connectivity index (χ1v) is 7.66. The lowest BCUT2D eigenvalue weighted by Crippen LogP contribution is -2.37. The molecule has 1 N–H and O–H groups in total. The lowest BCUT2D eigenvalue weighted by molar-refractivity contribution is 0.0595. The molecule has 0 aliphatic carbocycles. The fourth-order valence-electron chi connectivity index (χ4n) is 2.56. The van der Waals surface area contributed by atoms with Gasteiger partial charge in [-0.1, -0.05) is 19.3 Å². The van der Waals surface area contributed by atoms with E-state index in [1.165, 1.54) is 0 Å². The van der Waals surface area contributed by atoms with Crippen molar-refractivity contribution in [2.24, 2.45) is 0 Å². The SMILES string of the molecule is COC(=O)c1cc(NC(=O)N2CCCCCCC2)c(F)cc1F. The number of anilines is 1. The number of urea groups is 1. The molecule has 23 heavy (non-hydrogen) atoms. The van der Waals surface area contributed by atoms with E-state index in [0.717, 1.165) is 45.3 Å². The molecule has 0 spiro atoms. The lowest BCUT2D eigenvalue weighted by atomic mass is 10.1. The van der Waals surface area contributed by atoms with E-state index in [-0.39, 0.29) is 5.69 Å². The average molecular weight is 326 g/mol. The van der Waals surface area contributed by atoms with Crippen molar-refractivity contribution in [3.63, 3.8) is 0 Å². The van der Waals surface area contributed by atoms with Gasteiger partial charge < -0.3 is 15.0 Å². The fourth-order valence-corrected chi connectivity index (χ4v) is 2.56. The average Bonchev–Trinajstić information content (AvgIpc) is 2.48. The number of carbonyl (C=O) groups is 2. The molecule has 1 heterocycles. The predicted octanol–water partition coefficient (Wildman–Crippen LogP) is 3.55. The standard InChI is InChI=1S/C16H20F2N2O3/c1-23-15(21)11-9-14(13(18)10-12(11)17)19-16(22)20-7-5-3-2-4-6-8-20/h9-10H,2-8H2,1H3,(H,19,22). The molecule has 1 aliphatic heterocycles. The van der Waals surface area contributed by atoms with Crippen LogP contribution in [0.1, 0.15) is 42.5 Å². The first-order valence-electron chi connectivity index (χ1n) is 7.66. The Morgan fingerprint density at radius 2 is 1.65 bits per heavy atom. The second-order valence-corrected chi connectivity index (χ2v) is 5.49. The van der Waals surface area contributed by atoms with Crippen LogP contribution in [0.25, 0.3) is 0 Å². The Kier molecular flexibility index (Phi) is 5.90. The predicted molar refractivity (Wildman–Crippen MR) is 81.4 cm³/mol. The fraction of sp³-hybridized carbons (Fsp3) is 0.500. The number of carbonyl (C=O) groups excluding carboxylic acids is 2. The number of nitrogens with one attached hydrogen (secondary N) is 1. The van der Waals surface area contributed by atoms with Gasteiger partial charge in [0.05, 0.1) is 18.4 Å². The number of methoxy groups -OCH3 is 1. The van der Waals surface area contributed by atoms with Crippen molar-refractivity contribution in [2.75, 3.05) is 25.5 Å². The van der Waals surface area contributed by atoms with E-state index in [0.29, 0.717) is 19.2 Å². The van der Waals surface area contributed by atoms with Gasteiger partial charge in [-0.15, -0.1) is 0 Å². The van der Waals surface area contributed by atoms with Gasteiger partial charge in [0.1, 0.15) is 11.6 Å². The normalized spacial score (nSPS) is 15.5. The zero-order valence-electron chi connectivity index (χ0n) is 13.0. The molecule has 0 saturated carbocycles. The molecule has 0 radical (unpaired) electrons. The maximum Gasteiger partial charge on any atom is 0.340 e. The van der Waals surface area contributed by atoms with Crippen molar-refractivity contribution in [1.29, 1.82) is 0 Å². The molecule has 2 rings (SSSR count). The number of ether oxygens (including phenoxy) is 1. The van der Waals surface area contributed by atoms with Gasteiger partial charge in [0.25, 0.3) is 0 Å². The highest BCUT2D eigenvalue weighted by molar-refractivity contribution is 5.94. The Labute approximate surface area is 133 Å². The number of amides is 2. The van der Waals surface area contributed by atoms with Gasteiger partial charge in [-0.2, -0.15) is 0 Å². The minimum Gasteiger partial charge on any atom is -0.465 e. The third-order valence-electron chi connectivity index (χ3n) is 3.85. The summed E-state index contributed by atoms with van der Waals surface area (Å²) < 4.78 is 31.9. The molecule has 0 aromatic heterocycles. The molecule has 0 bridgehead atoms. The van der Waals surface area contributed by atoms with Crippen molar-refractivity contribution in [3.8, 4) is 0 Å². The molecule has 1 aliphatic rings. The maximum absolute atomic E-state index is 13.8. The number of likely N-dealkylation sites (tertiary alicyclic amines) is 1. The Hall–Kier alpha value is -2.18. The Balaban J connectivity index is 2.14. The highest BCUT2D eigenvalue weighted by Gasteiger charge is 2.20. The number of esters is 1. The van der Waals surface area contributed by atoms with E-state index in [4.69, 9.17) is 0 Å². The number of benzene rings is 1. The molecule has 1 aromatic carbocycles. The monoisotopic (exact) mass is 326 g/mol. The maximum atomic E-state index is 13.8. The second-order valence-electron chi connectivity index (χ2n) is 5.49. The van der Waals surface area contributed by atoms with Gasteiger partial charge in [0, 0.05) is 19.2 Å². The summed E-state index contributed by atoms with van der Waals surface area (Å²) in [6.07, 6.45) is 5.06. The Bertz CT molecular complexity index is 585. The van der Waals surface area contributed by atoms with E-state index in [2.05, 4.69) is 10.1 Å². The number of halogens is 2. The largest absolute Gasteiger partial charge is 0.465 e. The molecule has 5 nitrogen and oxygen atoms in total. The zero-order chi connectivity index (χ0) is 16.8. The van der Waals surface area contributed by atoms with Crippen molar-refractivity contribution in [2.45, 2.75) is 32.1 Å². The van der Waals surface area contributed by atoms with Crippen LogP contribution in [0.15, 0.2) is 12.1 Å². The van der Waals surface area contributed by atoms with Crippen molar-refractivity contribution in [1.82, 2.24) is 4.90 Å². The van der Waals surface area contributed by atoms with E-state index in [9.17, 15) is 18.4 Å². The summed E-state index contributed by atoms with van der Waals surface area (Å²) >= 11 is 0. The summed E-state index contributed by atoms with van der Waals surface area (Å²) in [5.41, 5.74) is -0.657.